The second kappa shape index (κ2) is 7.98. The van der Waals surface area contributed by atoms with Gasteiger partial charge in [0, 0.05) is 43.9 Å². The maximum Gasteiger partial charge on any atom is 0.138 e. The van der Waals surface area contributed by atoms with E-state index in [1.165, 1.54) is 0 Å². The molecule has 1 aliphatic heterocycles. The zero-order chi connectivity index (χ0) is 20.3. The van der Waals surface area contributed by atoms with E-state index in [-0.39, 0.29) is 5.78 Å². The lowest BCUT2D eigenvalue weighted by molar-refractivity contribution is -0.119. The van der Waals surface area contributed by atoms with Crippen molar-refractivity contribution < 1.29 is 4.79 Å². The van der Waals surface area contributed by atoms with Crippen LogP contribution in [0.2, 0.25) is 0 Å². The van der Waals surface area contributed by atoms with Gasteiger partial charge in [-0.25, -0.2) is 9.98 Å². The Morgan fingerprint density at radius 1 is 1.14 bits per heavy atom. The Hall–Kier alpha value is -3.58. The summed E-state index contributed by atoms with van der Waals surface area (Å²) in [6.07, 6.45) is 0.951. The van der Waals surface area contributed by atoms with E-state index in [0.717, 1.165) is 11.3 Å². The highest BCUT2D eigenvalue weighted by Crippen LogP contribution is 2.29. The van der Waals surface area contributed by atoms with E-state index < -0.39 is 0 Å². The van der Waals surface area contributed by atoms with E-state index in [9.17, 15) is 15.3 Å². The number of nitriles is 2. The molecule has 0 N–H and O–H groups in total. The number of aromatic nitrogens is 1. The first-order valence-corrected chi connectivity index (χ1v) is 9.01. The third-order valence-electron chi connectivity index (χ3n) is 4.81. The van der Waals surface area contributed by atoms with Crippen LogP contribution in [0.3, 0.4) is 0 Å². The highest BCUT2D eigenvalue weighted by atomic mass is 16.1. The normalized spacial score (nSPS) is 15.5. The van der Waals surface area contributed by atoms with Gasteiger partial charge in [-0.1, -0.05) is 0 Å². The second-order valence-electron chi connectivity index (χ2n) is 6.67. The fraction of sp³-hybridized carbons (Fsp3) is 0.333. The molecule has 1 aliphatic rings. The van der Waals surface area contributed by atoms with Crippen molar-refractivity contribution in [3.8, 4) is 12.1 Å². The molecule has 140 valence electrons. The van der Waals surface area contributed by atoms with Crippen LogP contribution in [0, 0.1) is 22.7 Å². The minimum absolute atomic E-state index is 0.245. The van der Waals surface area contributed by atoms with Crippen LogP contribution in [0.15, 0.2) is 28.2 Å². The number of rotatable bonds is 2. The summed E-state index contributed by atoms with van der Waals surface area (Å²) < 4.78 is 0. The summed E-state index contributed by atoms with van der Waals surface area (Å²) in [6, 6.07) is 9.42. The molecule has 0 bridgehead atoms. The number of anilines is 1. The number of benzene rings is 1. The molecule has 0 amide bonds. The average molecular weight is 372 g/mol. The lowest BCUT2D eigenvalue weighted by Gasteiger charge is -2.29. The summed E-state index contributed by atoms with van der Waals surface area (Å²) in [7, 11) is 1.68. The van der Waals surface area contributed by atoms with Crippen molar-refractivity contribution in [3.05, 3.63) is 34.9 Å². The predicted molar refractivity (Wildman–Crippen MR) is 109 cm³/mol. The summed E-state index contributed by atoms with van der Waals surface area (Å²) >= 11 is 0. The Bertz CT molecular complexity index is 1090. The molecule has 2 aromatic rings. The van der Waals surface area contributed by atoms with Crippen LogP contribution < -0.4 is 4.90 Å². The second-order valence-corrected chi connectivity index (χ2v) is 6.67. The number of hydrogen-bond donors (Lipinski definition) is 0. The third kappa shape index (κ3) is 3.74. The quantitative estimate of drug-likeness (QED) is 0.595. The number of fused-ring (bicyclic) bond motifs is 1. The first-order chi connectivity index (χ1) is 13.5. The first-order valence-electron chi connectivity index (χ1n) is 9.01. The molecule has 0 radical (unpaired) electrons. The summed E-state index contributed by atoms with van der Waals surface area (Å²) in [4.78, 5) is 27.1. The number of nitrogens with zero attached hydrogens (tertiary/aromatic N) is 6. The van der Waals surface area contributed by atoms with Crippen LogP contribution in [0.4, 0.5) is 5.82 Å². The largest absolute Gasteiger partial charge is 0.355 e. The molecule has 1 aromatic heterocycles. The first kappa shape index (κ1) is 19.2. The van der Waals surface area contributed by atoms with Gasteiger partial charge in [0.2, 0.25) is 0 Å². The summed E-state index contributed by atoms with van der Waals surface area (Å²) in [5.74, 6) is 1.58. The fourth-order valence-corrected chi connectivity index (χ4v) is 3.26. The molecule has 1 aromatic carbocycles. The van der Waals surface area contributed by atoms with Gasteiger partial charge in [0.05, 0.1) is 28.4 Å². The number of ketones is 1. The van der Waals surface area contributed by atoms with E-state index in [1.54, 1.807) is 19.2 Å². The number of Topliss-reactive ketones (excluding diaryl/α,β-unsaturated/α-hetero) is 1. The molecule has 7 heteroatoms. The number of carbonyl (C=O) groups is 1. The molecule has 0 atom stereocenters. The van der Waals surface area contributed by atoms with Gasteiger partial charge >= 0.3 is 0 Å². The molecule has 3 rings (SSSR count). The summed E-state index contributed by atoms with van der Waals surface area (Å²) in [6.45, 7) is 4.86. The molecular formula is C21H20N6O. The van der Waals surface area contributed by atoms with E-state index in [2.05, 4.69) is 27.0 Å². The molecule has 2 heterocycles. The minimum atomic E-state index is 0.245. The molecular weight excluding hydrogens is 352 g/mol. The van der Waals surface area contributed by atoms with Gasteiger partial charge in [0.1, 0.15) is 23.5 Å². The zero-order valence-electron chi connectivity index (χ0n) is 16.2. The molecule has 28 heavy (non-hydrogen) atoms. The predicted octanol–water partition coefficient (Wildman–Crippen LogP) is 3.00. The number of pyridine rings is 1. The zero-order valence-corrected chi connectivity index (χ0v) is 16.2. The highest BCUT2D eigenvalue weighted by molar-refractivity contribution is 6.10. The molecule has 0 spiro atoms. The number of amidine groups is 1. The molecule has 0 unspecified atom stereocenters. The van der Waals surface area contributed by atoms with E-state index in [0.29, 0.717) is 59.6 Å². The third-order valence-corrected chi connectivity index (χ3v) is 4.81. The lowest BCUT2D eigenvalue weighted by atomic mass is 10.0. The molecule has 0 aliphatic carbocycles. The Morgan fingerprint density at radius 2 is 1.86 bits per heavy atom. The molecule has 7 nitrogen and oxygen atoms in total. The topological polar surface area (TPSA) is 106 Å². The lowest BCUT2D eigenvalue weighted by Crippen LogP contribution is -2.35. The SMILES string of the molecule is CN=C(C)N=C(C)c1cc2cc(C#N)cc(C#N)c2nc1N1CCC(=O)CC1. The van der Waals surface area contributed by atoms with Crippen LogP contribution in [0.25, 0.3) is 10.9 Å². The van der Waals surface area contributed by atoms with Crippen LogP contribution in [0.1, 0.15) is 43.4 Å². The Balaban J connectivity index is 2.27. The number of aliphatic imine (C=N–C) groups is 2. The van der Waals surface area contributed by atoms with Crippen molar-refractivity contribution >= 4 is 34.1 Å². The average Bonchev–Trinajstić information content (AvgIpc) is 2.72. The molecule has 1 saturated heterocycles. The highest BCUT2D eigenvalue weighted by Gasteiger charge is 2.22. The van der Waals surface area contributed by atoms with E-state index in [4.69, 9.17) is 4.98 Å². The van der Waals surface area contributed by atoms with Crippen molar-refractivity contribution in [1.82, 2.24) is 4.98 Å². The fourth-order valence-electron chi connectivity index (χ4n) is 3.26. The van der Waals surface area contributed by atoms with Crippen molar-refractivity contribution in [2.45, 2.75) is 26.7 Å². The van der Waals surface area contributed by atoms with Crippen molar-refractivity contribution in [3.63, 3.8) is 0 Å². The number of piperidine rings is 1. The van der Waals surface area contributed by atoms with Gasteiger partial charge in [-0.2, -0.15) is 10.5 Å². The maximum absolute atomic E-state index is 11.7. The van der Waals surface area contributed by atoms with Crippen LogP contribution >= 0.6 is 0 Å². The number of carbonyl (C=O) groups excluding carboxylic acids is 1. The summed E-state index contributed by atoms with van der Waals surface area (Å²) in [5.41, 5.74) is 2.87. The Kier molecular flexibility index (Phi) is 5.47. The Labute approximate surface area is 163 Å². The Morgan fingerprint density at radius 3 is 2.46 bits per heavy atom. The van der Waals surface area contributed by atoms with E-state index >= 15 is 0 Å². The van der Waals surface area contributed by atoms with Crippen molar-refractivity contribution in [2.24, 2.45) is 9.98 Å². The van der Waals surface area contributed by atoms with Crippen molar-refractivity contribution in [1.29, 1.82) is 10.5 Å². The molecule has 1 fully saturated rings. The van der Waals surface area contributed by atoms with Crippen LogP contribution in [-0.4, -0.2) is 42.5 Å². The van der Waals surface area contributed by atoms with Gasteiger partial charge in [0.25, 0.3) is 0 Å². The van der Waals surface area contributed by atoms with Crippen LogP contribution in [-0.2, 0) is 4.79 Å². The maximum atomic E-state index is 11.7. The van der Waals surface area contributed by atoms with Gasteiger partial charge in [-0.05, 0) is 32.0 Å². The van der Waals surface area contributed by atoms with Gasteiger partial charge < -0.3 is 4.90 Å². The van der Waals surface area contributed by atoms with Gasteiger partial charge in [-0.3, -0.25) is 9.79 Å². The van der Waals surface area contributed by atoms with Gasteiger partial charge in [0.15, 0.2) is 0 Å². The smallest absolute Gasteiger partial charge is 0.138 e. The van der Waals surface area contributed by atoms with E-state index in [1.807, 2.05) is 19.9 Å². The monoisotopic (exact) mass is 372 g/mol. The minimum Gasteiger partial charge on any atom is -0.355 e. The summed E-state index contributed by atoms with van der Waals surface area (Å²) in [5, 5.41) is 19.5. The van der Waals surface area contributed by atoms with Gasteiger partial charge in [-0.15, -0.1) is 0 Å². The molecule has 0 saturated carbocycles. The van der Waals surface area contributed by atoms with Crippen molar-refractivity contribution in [2.75, 3.05) is 25.0 Å². The van der Waals surface area contributed by atoms with Crippen LogP contribution in [0.5, 0.6) is 0 Å². The standard InChI is InChI=1S/C21H20N6O/c1-13(25-14(2)24-3)19-10-16-8-15(11-22)9-17(12-23)20(16)26-21(19)27-6-4-18(28)5-7-27/h8-10H,4-7H2,1-3H3. The number of hydrogen-bond acceptors (Lipinski definition) is 6.